The summed E-state index contributed by atoms with van der Waals surface area (Å²) in [6.07, 6.45) is 6.42. The summed E-state index contributed by atoms with van der Waals surface area (Å²) in [5.74, 6) is 1.14. The van der Waals surface area contributed by atoms with E-state index >= 15 is 0 Å². The summed E-state index contributed by atoms with van der Waals surface area (Å²) < 4.78 is 5.25. The lowest BCUT2D eigenvalue weighted by Gasteiger charge is -2.21. The maximum Gasteiger partial charge on any atom is 0.138 e. The predicted octanol–water partition coefficient (Wildman–Crippen LogP) is 2.53. The fraction of sp³-hybridized carbons (Fsp3) is 0.909. The maximum atomic E-state index is 11.9. The van der Waals surface area contributed by atoms with Crippen LogP contribution in [0.5, 0.6) is 0 Å². The first-order chi connectivity index (χ1) is 6.76. The molecule has 3 heteroatoms. The average Bonchev–Trinajstić information content (AvgIpc) is 3.00. The minimum Gasteiger partial charge on any atom is -0.368 e. The van der Waals surface area contributed by atoms with E-state index in [4.69, 9.17) is 16.3 Å². The van der Waals surface area contributed by atoms with E-state index in [2.05, 4.69) is 0 Å². The average molecular weight is 217 g/mol. The van der Waals surface area contributed by atoms with E-state index in [1.165, 1.54) is 19.3 Å². The van der Waals surface area contributed by atoms with Crippen LogP contribution in [0.2, 0.25) is 0 Å². The number of carbonyl (C=O) groups is 1. The van der Waals surface area contributed by atoms with E-state index < -0.39 is 0 Å². The molecule has 0 aromatic heterocycles. The Morgan fingerprint density at radius 2 is 2.00 bits per heavy atom. The fourth-order valence-electron chi connectivity index (χ4n) is 2.21. The highest BCUT2D eigenvalue weighted by atomic mass is 35.5. The number of hydrogen-bond donors (Lipinski definition) is 0. The SMILES string of the molecule is O=C(CC1(CCl)CO1)C1CCCCC1. The zero-order valence-electron chi connectivity index (χ0n) is 8.43. The van der Waals surface area contributed by atoms with Crippen LogP contribution in [-0.4, -0.2) is 23.9 Å². The lowest BCUT2D eigenvalue weighted by Crippen LogP contribution is -2.25. The first kappa shape index (κ1) is 10.4. The minimum atomic E-state index is -0.268. The highest BCUT2D eigenvalue weighted by molar-refractivity contribution is 6.19. The van der Waals surface area contributed by atoms with Gasteiger partial charge in [-0.1, -0.05) is 19.3 Å². The number of Topliss-reactive ketones (excluding diaryl/α,β-unsaturated/α-hetero) is 1. The van der Waals surface area contributed by atoms with Crippen molar-refractivity contribution in [3.8, 4) is 0 Å². The molecule has 1 aliphatic carbocycles. The van der Waals surface area contributed by atoms with Crippen LogP contribution < -0.4 is 0 Å². The zero-order valence-corrected chi connectivity index (χ0v) is 9.18. The molecule has 0 spiro atoms. The van der Waals surface area contributed by atoms with Crippen LogP contribution in [0.1, 0.15) is 38.5 Å². The third-order valence-corrected chi connectivity index (χ3v) is 3.84. The number of halogens is 1. The number of hydrogen-bond acceptors (Lipinski definition) is 2. The second-order valence-corrected chi connectivity index (χ2v) is 4.85. The van der Waals surface area contributed by atoms with Crippen LogP contribution in [0.25, 0.3) is 0 Å². The van der Waals surface area contributed by atoms with Gasteiger partial charge in [0.15, 0.2) is 0 Å². The second-order valence-electron chi connectivity index (χ2n) is 4.58. The molecule has 0 radical (unpaired) electrons. The van der Waals surface area contributed by atoms with E-state index in [-0.39, 0.29) is 5.60 Å². The molecule has 1 saturated heterocycles. The van der Waals surface area contributed by atoms with E-state index in [1.54, 1.807) is 0 Å². The van der Waals surface area contributed by atoms with Crippen molar-refractivity contribution in [1.29, 1.82) is 0 Å². The number of carbonyl (C=O) groups excluding carboxylic acids is 1. The quantitative estimate of drug-likeness (QED) is 0.534. The molecule has 2 aliphatic rings. The molecule has 1 aliphatic heterocycles. The number of ether oxygens (including phenoxy) is 1. The summed E-state index contributed by atoms with van der Waals surface area (Å²) in [4.78, 5) is 11.9. The molecule has 0 bridgehead atoms. The summed E-state index contributed by atoms with van der Waals surface area (Å²) in [6.45, 7) is 0.676. The van der Waals surface area contributed by atoms with Gasteiger partial charge in [-0.3, -0.25) is 4.79 Å². The molecule has 0 amide bonds. The molecule has 1 heterocycles. The van der Waals surface area contributed by atoms with Crippen molar-refractivity contribution in [2.45, 2.75) is 44.1 Å². The van der Waals surface area contributed by atoms with Gasteiger partial charge in [-0.15, -0.1) is 11.6 Å². The Labute approximate surface area is 90.0 Å². The summed E-state index contributed by atoms with van der Waals surface area (Å²) in [6, 6.07) is 0. The lowest BCUT2D eigenvalue weighted by molar-refractivity contribution is -0.124. The molecular formula is C11H17ClO2. The van der Waals surface area contributed by atoms with E-state index in [1.807, 2.05) is 0 Å². The predicted molar refractivity (Wildman–Crippen MR) is 55.6 cm³/mol. The van der Waals surface area contributed by atoms with Gasteiger partial charge >= 0.3 is 0 Å². The maximum absolute atomic E-state index is 11.9. The van der Waals surface area contributed by atoms with Crippen molar-refractivity contribution < 1.29 is 9.53 Å². The van der Waals surface area contributed by atoms with Gasteiger partial charge in [0, 0.05) is 12.3 Å². The molecule has 1 atom stereocenters. The Bertz CT molecular complexity index is 217. The molecule has 14 heavy (non-hydrogen) atoms. The van der Waals surface area contributed by atoms with E-state index in [9.17, 15) is 4.79 Å². The minimum absolute atomic E-state index is 0.268. The monoisotopic (exact) mass is 216 g/mol. The second kappa shape index (κ2) is 4.19. The van der Waals surface area contributed by atoms with Crippen LogP contribution in [0.15, 0.2) is 0 Å². The molecule has 1 saturated carbocycles. The molecule has 0 aromatic carbocycles. The molecule has 1 unspecified atom stereocenters. The van der Waals surface area contributed by atoms with Crippen molar-refractivity contribution in [3.05, 3.63) is 0 Å². The van der Waals surface area contributed by atoms with Crippen LogP contribution in [0, 0.1) is 5.92 Å². The molecule has 2 rings (SSSR count). The normalized spacial score (nSPS) is 32.9. The first-order valence-corrected chi connectivity index (χ1v) is 6.02. The number of epoxide rings is 1. The smallest absolute Gasteiger partial charge is 0.138 e. The Hall–Kier alpha value is -0.0800. The summed E-state index contributed by atoms with van der Waals surface area (Å²) in [5.41, 5.74) is -0.268. The molecular weight excluding hydrogens is 200 g/mol. The third-order valence-electron chi connectivity index (χ3n) is 3.35. The fourth-order valence-corrected chi connectivity index (χ4v) is 2.46. The Morgan fingerprint density at radius 1 is 1.36 bits per heavy atom. The third kappa shape index (κ3) is 2.29. The van der Waals surface area contributed by atoms with Gasteiger partial charge in [-0.05, 0) is 12.8 Å². The summed E-state index contributed by atoms with van der Waals surface area (Å²) in [7, 11) is 0. The highest BCUT2D eigenvalue weighted by Gasteiger charge is 2.46. The number of ketones is 1. The Balaban J connectivity index is 1.82. The molecule has 2 fully saturated rings. The Morgan fingerprint density at radius 3 is 2.50 bits per heavy atom. The number of alkyl halides is 1. The lowest BCUT2D eigenvalue weighted by atomic mass is 9.83. The highest BCUT2D eigenvalue weighted by Crippen LogP contribution is 2.35. The molecule has 80 valence electrons. The van der Waals surface area contributed by atoms with Gasteiger partial charge in [0.05, 0.1) is 12.5 Å². The molecule has 0 N–H and O–H groups in total. The van der Waals surface area contributed by atoms with Crippen LogP contribution >= 0.6 is 11.6 Å². The van der Waals surface area contributed by atoms with Gasteiger partial charge in [0.2, 0.25) is 0 Å². The standard InChI is InChI=1S/C11H17ClO2/c12-7-11(8-14-11)6-10(13)9-4-2-1-3-5-9/h9H,1-8H2. The van der Waals surface area contributed by atoms with Crippen molar-refractivity contribution in [3.63, 3.8) is 0 Å². The zero-order chi connectivity index (χ0) is 10.0. The van der Waals surface area contributed by atoms with E-state index in [0.29, 0.717) is 30.6 Å². The summed E-state index contributed by atoms with van der Waals surface area (Å²) >= 11 is 5.76. The van der Waals surface area contributed by atoms with Gasteiger partial charge in [0.25, 0.3) is 0 Å². The Kier molecular flexibility index (Phi) is 3.13. The van der Waals surface area contributed by atoms with Crippen LogP contribution in [0.4, 0.5) is 0 Å². The van der Waals surface area contributed by atoms with Gasteiger partial charge in [0.1, 0.15) is 11.4 Å². The van der Waals surface area contributed by atoms with E-state index in [0.717, 1.165) is 12.8 Å². The van der Waals surface area contributed by atoms with Gasteiger partial charge in [-0.25, -0.2) is 0 Å². The van der Waals surface area contributed by atoms with Gasteiger partial charge < -0.3 is 4.74 Å². The van der Waals surface area contributed by atoms with Gasteiger partial charge in [-0.2, -0.15) is 0 Å². The summed E-state index contributed by atoms with van der Waals surface area (Å²) in [5, 5.41) is 0. The van der Waals surface area contributed by atoms with Crippen molar-refractivity contribution >= 4 is 17.4 Å². The van der Waals surface area contributed by atoms with Crippen molar-refractivity contribution in [2.75, 3.05) is 12.5 Å². The molecule has 2 nitrogen and oxygen atoms in total. The topological polar surface area (TPSA) is 29.6 Å². The molecule has 0 aromatic rings. The largest absolute Gasteiger partial charge is 0.368 e. The van der Waals surface area contributed by atoms with Crippen molar-refractivity contribution in [1.82, 2.24) is 0 Å². The van der Waals surface area contributed by atoms with Crippen LogP contribution in [-0.2, 0) is 9.53 Å². The first-order valence-electron chi connectivity index (χ1n) is 5.48. The van der Waals surface area contributed by atoms with Crippen LogP contribution in [0.3, 0.4) is 0 Å². The van der Waals surface area contributed by atoms with Crippen molar-refractivity contribution in [2.24, 2.45) is 5.92 Å². The number of rotatable bonds is 4.